The van der Waals surface area contributed by atoms with Crippen LogP contribution in [-0.4, -0.2) is 40.0 Å². The molecule has 0 bridgehead atoms. The number of hydrogen-bond donors (Lipinski definition) is 1. The van der Waals surface area contributed by atoms with E-state index in [0.717, 1.165) is 32.1 Å². The lowest BCUT2D eigenvalue weighted by Crippen LogP contribution is -2.58. The van der Waals surface area contributed by atoms with Gasteiger partial charge in [0, 0.05) is 27.4 Å². The number of carbonyl (C=O) groups excluding carboxylic acids is 2. The van der Waals surface area contributed by atoms with Crippen LogP contribution in [0.5, 0.6) is 0 Å². The first-order valence-corrected chi connectivity index (χ1v) is 12.5. The SMILES string of the molecule is [N-]=[N+]=NC[C@@H]1C(=O)N(CI)c2ccc(Nc3cccc(C(=O)N=O)c3)nc2N1C1CCCCC1. The van der Waals surface area contributed by atoms with Gasteiger partial charge in [-0.2, -0.15) is 0 Å². The normalized spacial score (nSPS) is 18.1. The van der Waals surface area contributed by atoms with Crippen molar-refractivity contribution >= 4 is 57.4 Å². The van der Waals surface area contributed by atoms with Gasteiger partial charge in [0.25, 0.3) is 5.91 Å². The molecule has 1 saturated carbocycles. The molecule has 1 atom stereocenters. The Morgan fingerprint density at radius 2 is 2.03 bits per heavy atom. The molecule has 1 aromatic heterocycles. The summed E-state index contributed by atoms with van der Waals surface area (Å²) >= 11 is 2.14. The number of amides is 2. The zero-order valence-electron chi connectivity index (χ0n) is 18.3. The van der Waals surface area contributed by atoms with Gasteiger partial charge in [0.1, 0.15) is 11.9 Å². The number of pyridine rings is 1. The van der Waals surface area contributed by atoms with Gasteiger partial charge in [-0.1, -0.05) is 53.0 Å². The summed E-state index contributed by atoms with van der Waals surface area (Å²) in [5.41, 5.74) is 10.4. The number of nitroso groups, excluding NO2 is 1. The summed E-state index contributed by atoms with van der Waals surface area (Å²) in [5.74, 6) is 0.235. The third-order valence-electron chi connectivity index (χ3n) is 6.15. The summed E-state index contributed by atoms with van der Waals surface area (Å²) in [5, 5.41) is 9.39. The smallest absolute Gasteiger partial charge is 0.316 e. The van der Waals surface area contributed by atoms with Crippen LogP contribution < -0.4 is 15.1 Å². The van der Waals surface area contributed by atoms with Crippen molar-refractivity contribution in [3.05, 3.63) is 57.3 Å². The number of rotatable bonds is 7. The minimum absolute atomic E-state index is 0.0284. The Labute approximate surface area is 209 Å². The van der Waals surface area contributed by atoms with E-state index in [4.69, 9.17) is 10.5 Å². The van der Waals surface area contributed by atoms with Crippen LogP contribution in [0.2, 0.25) is 0 Å². The van der Waals surface area contributed by atoms with Crippen molar-refractivity contribution in [1.29, 1.82) is 0 Å². The van der Waals surface area contributed by atoms with Crippen LogP contribution in [0.25, 0.3) is 10.4 Å². The average Bonchev–Trinajstić information content (AvgIpc) is 2.87. The second-order valence-corrected chi connectivity index (χ2v) is 8.84. The van der Waals surface area contributed by atoms with Crippen LogP contribution in [0.15, 0.2) is 46.7 Å². The van der Waals surface area contributed by atoms with E-state index in [2.05, 4.69) is 43.1 Å². The largest absolute Gasteiger partial charge is 0.340 e. The summed E-state index contributed by atoms with van der Waals surface area (Å²) in [6, 6.07) is 9.58. The van der Waals surface area contributed by atoms with Gasteiger partial charge in [-0.3, -0.25) is 14.5 Å². The average molecular weight is 574 g/mol. The summed E-state index contributed by atoms with van der Waals surface area (Å²) in [7, 11) is 0. The van der Waals surface area contributed by atoms with E-state index in [1.54, 1.807) is 23.1 Å². The van der Waals surface area contributed by atoms with Crippen LogP contribution in [0.1, 0.15) is 42.5 Å². The highest BCUT2D eigenvalue weighted by Crippen LogP contribution is 2.40. The van der Waals surface area contributed by atoms with Crippen molar-refractivity contribution < 1.29 is 9.59 Å². The van der Waals surface area contributed by atoms with E-state index in [0.29, 0.717) is 27.6 Å². The second-order valence-electron chi connectivity index (χ2n) is 8.16. The van der Waals surface area contributed by atoms with E-state index in [1.807, 2.05) is 11.0 Å². The second kappa shape index (κ2) is 10.8. The Morgan fingerprint density at radius 1 is 1.24 bits per heavy atom. The Bertz CT molecular complexity index is 1150. The topological polar surface area (TPSA) is 144 Å². The molecule has 0 unspecified atom stereocenters. The van der Waals surface area contributed by atoms with E-state index in [1.165, 1.54) is 12.1 Å². The molecule has 2 aliphatic rings. The molecule has 176 valence electrons. The van der Waals surface area contributed by atoms with E-state index < -0.39 is 11.9 Å². The Morgan fingerprint density at radius 3 is 2.74 bits per heavy atom. The van der Waals surface area contributed by atoms with Gasteiger partial charge >= 0.3 is 5.91 Å². The van der Waals surface area contributed by atoms with Gasteiger partial charge in [0.15, 0.2) is 5.82 Å². The van der Waals surface area contributed by atoms with Gasteiger partial charge < -0.3 is 10.2 Å². The summed E-state index contributed by atoms with van der Waals surface area (Å²) in [6.07, 6.45) is 5.17. The molecule has 2 heterocycles. The van der Waals surface area contributed by atoms with Crippen LogP contribution in [0, 0.1) is 4.91 Å². The highest BCUT2D eigenvalue weighted by atomic mass is 127. The van der Waals surface area contributed by atoms with Crippen molar-refractivity contribution in [3.8, 4) is 0 Å². The van der Waals surface area contributed by atoms with Crippen molar-refractivity contribution in [2.45, 2.75) is 44.2 Å². The third kappa shape index (κ3) is 4.82. The molecule has 1 aliphatic heterocycles. The molecule has 0 radical (unpaired) electrons. The zero-order valence-corrected chi connectivity index (χ0v) is 20.5. The number of benzene rings is 1. The van der Waals surface area contributed by atoms with Crippen molar-refractivity contribution in [2.24, 2.45) is 10.3 Å². The summed E-state index contributed by atoms with van der Waals surface area (Å²) in [4.78, 5) is 47.1. The molecular weight excluding hydrogens is 551 g/mol. The number of aromatic nitrogens is 1. The lowest BCUT2D eigenvalue weighted by Gasteiger charge is -2.46. The molecule has 0 spiro atoms. The molecule has 2 amide bonds. The maximum absolute atomic E-state index is 13.4. The van der Waals surface area contributed by atoms with Crippen LogP contribution in [-0.2, 0) is 4.79 Å². The molecule has 4 rings (SSSR count). The minimum Gasteiger partial charge on any atom is -0.340 e. The standard InChI is InChI=1S/C22H23IN8O3/c23-13-30-17-9-10-19(26-15-6-4-5-14(11-15)21(32)28-34)27-20(17)31(16-7-2-1-3-8-16)18(22(30)33)12-25-29-24/h4-6,9-11,16,18H,1-3,7-8,12-13H2,(H,26,27)/t18-/m1/s1. The van der Waals surface area contributed by atoms with E-state index in [9.17, 15) is 14.5 Å². The number of fused-ring (bicyclic) bond motifs is 1. The zero-order chi connectivity index (χ0) is 24.1. The highest BCUT2D eigenvalue weighted by Gasteiger charge is 2.42. The third-order valence-corrected chi connectivity index (χ3v) is 6.83. The van der Waals surface area contributed by atoms with Gasteiger partial charge in [0.05, 0.1) is 16.8 Å². The molecule has 34 heavy (non-hydrogen) atoms. The quantitative estimate of drug-likeness (QED) is 0.0906. The predicted molar refractivity (Wildman–Crippen MR) is 138 cm³/mol. The molecule has 1 aliphatic carbocycles. The first-order valence-electron chi connectivity index (χ1n) is 11.0. The van der Waals surface area contributed by atoms with Crippen molar-refractivity contribution in [1.82, 2.24) is 4.98 Å². The maximum Gasteiger partial charge on any atom is 0.316 e. The van der Waals surface area contributed by atoms with Gasteiger partial charge in [-0.05, 0) is 48.7 Å². The Balaban J connectivity index is 1.75. The molecule has 1 N–H and O–H groups in total. The summed E-state index contributed by atoms with van der Waals surface area (Å²) in [6.45, 7) is 0.0284. The number of nitrogens with one attached hydrogen (secondary N) is 1. The van der Waals surface area contributed by atoms with Crippen LogP contribution >= 0.6 is 22.6 Å². The molecule has 0 saturated heterocycles. The van der Waals surface area contributed by atoms with Gasteiger partial charge in [-0.15, -0.1) is 4.91 Å². The number of azide groups is 1. The number of halogens is 1. The van der Waals surface area contributed by atoms with Crippen molar-refractivity contribution in [3.63, 3.8) is 0 Å². The number of hydrogen-bond acceptors (Lipinski definition) is 7. The Hall–Kier alpha value is -3.25. The fourth-order valence-corrected chi connectivity index (χ4v) is 5.30. The highest BCUT2D eigenvalue weighted by molar-refractivity contribution is 14.1. The molecule has 11 nitrogen and oxygen atoms in total. The lowest BCUT2D eigenvalue weighted by molar-refractivity contribution is -0.120. The summed E-state index contributed by atoms with van der Waals surface area (Å²) < 4.78 is 0.437. The van der Waals surface area contributed by atoms with E-state index >= 15 is 0 Å². The molecule has 2 aromatic rings. The van der Waals surface area contributed by atoms with Gasteiger partial charge in [-0.25, -0.2) is 4.98 Å². The van der Waals surface area contributed by atoms with Gasteiger partial charge in [0.2, 0.25) is 0 Å². The predicted octanol–water partition coefficient (Wildman–Crippen LogP) is 5.29. The number of nitrogens with zero attached hydrogens (tertiary/aromatic N) is 7. The van der Waals surface area contributed by atoms with E-state index in [-0.39, 0.29) is 24.1 Å². The monoisotopic (exact) mass is 574 g/mol. The first kappa shape index (κ1) is 23.9. The molecule has 12 heteroatoms. The van der Waals surface area contributed by atoms with Crippen LogP contribution in [0.3, 0.4) is 0 Å². The fourth-order valence-electron chi connectivity index (χ4n) is 4.60. The molecule has 1 fully saturated rings. The minimum atomic E-state index is -0.845. The van der Waals surface area contributed by atoms with Crippen LogP contribution in [0.4, 0.5) is 23.0 Å². The maximum atomic E-state index is 13.4. The molecular formula is C22H23IN8O3. The lowest BCUT2D eigenvalue weighted by atomic mass is 9.92. The number of anilines is 4. The fraction of sp³-hybridized carbons (Fsp3) is 0.409. The molecule has 1 aromatic carbocycles. The number of carbonyl (C=O) groups is 2. The Kier molecular flexibility index (Phi) is 7.58. The first-order chi connectivity index (χ1) is 16.6. The number of alkyl halides is 1. The van der Waals surface area contributed by atoms with Crippen molar-refractivity contribution in [2.75, 3.05) is 26.2 Å².